The quantitative estimate of drug-likeness (QED) is 0.177. The molecule has 0 bridgehead atoms. The van der Waals surface area contributed by atoms with Gasteiger partial charge < -0.3 is 29.7 Å². The van der Waals surface area contributed by atoms with Crippen LogP contribution in [-0.4, -0.2) is 105 Å². The number of hydrogen-bond donors (Lipinski definition) is 3. The van der Waals surface area contributed by atoms with Crippen LogP contribution >= 0.6 is 11.6 Å². The molecule has 3 atom stereocenters. The zero-order valence-corrected chi connectivity index (χ0v) is 35.0. The van der Waals surface area contributed by atoms with Crippen molar-refractivity contribution in [3.05, 3.63) is 63.4 Å². The summed E-state index contributed by atoms with van der Waals surface area (Å²) in [6.07, 6.45) is 4.07. The van der Waals surface area contributed by atoms with Crippen LogP contribution in [0.4, 0.5) is 42.0 Å². The number of piperidine rings is 2. The Bertz CT molecular complexity index is 2630. The number of fused-ring (bicyclic) bond motifs is 4. The first-order chi connectivity index (χ1) is 29.2. The van der Waals surface area contributed by atoms with Crippen molar-refractivity contribution in [1.82, 2.24) is 34.5 Å². The second kappa shape index (κ2) is 15.7. The molecule has 1 unspecified atom stereocenters. The van der Waals surface area contributed by atoms with Crippen LogP contribution in [0, 0.1) is 11.7 Å². The van der Waals surface area contributed by atoms with E-state index in [1.165, 1.54) is 36.9 Å². The van der Waals surface area contributed by atoms with Gasteiger partial charge in [0, 0.05) is 82.7 Å². The summed E-state index contributed by atoms with van der Waals surface area (Å²) in [6, 6.07) is 7.68. The Labute approximate surface area is 354 Å². The van der Waals surface area contributed by atoms with Crippen molar-refractivity contribution in [2.24, 2.45) is 20.0 Å². The summed E-state index contributed by atoms with van der Waals surface area (Å²) in [6.45, 7) is 7.55. The Balaban J connectivity index is 0.850. The lowest BCUT2D eigenvalue weighted by Gasteiger charge is -2.43. The number of halogens is 4. The number of imide groups is 1. The minimum atomic E-state index is -3.25. The Morgan fingerprint density at radius 2 is 1.80 bits per heavy atom. The van der Waals surface area contributed by atoms with Gasteiger partial charge >= 0.3 is 5.92 Å². The van der Waals surface area contributed by atoms with Crippen molar-refractivity contribution in [3.63, 3.8) is 0 Å². The maximum absolute atomic E-state index is 15.7. The number of alkyl halides is 2. The third-order valence-corrected chi connectivity index (χ3v) is 13.0. The van der Waals surface area contributed by atoms with Crippen molar-refractivity contribution in [2.75, 3.05) is 66.3 Å². The molecule has 4 aliphatic heterocycles. The van der Waals surface area contributed by atoms with Crippen molar-refractivity contribution >= 4 is 74.0 Å². The average Bonchev–Trinajstić information content (AvgIpc) is 3.51. The van der Waals surface area contributed by atoms with Crippen LogP contribution < -0.4 is 36.0 Å². The fourth-order valence-electron chi connectivity index (χ4n) is 9.19. The van der Waals surface area contributed by atoms with Gasteiger partial charge in [0.1, 0.15) is 10.8 Å². The van der Waals surface area contributed by atoms with Crippen LogP contribution in [0.1, 0.15) is 51.1 Å². The summed E-state index contributed by atoms with van der Waals surface area (Å²) in [5.74, 6) is -4.12. The molecule has 0 aliphatic carbocycles. The molecule has 19 heteroatoms. The van der Waals surface area contributed by atoms with Gasteiger partial charge in [-0.25, -0.2) is 18.2 Å². The number of hydrogen-bond acceptors (Lipinski definition) is 12. The van der Waals surface area contributed by atoms with Crippen LogP contribution in [0.2, 0.25) is 5.02 Å². The number of aryl methyl sites for hydroxylation is 2. The van der Waals surface area contributed by atoms with Crippen LogP contribution in [-0.2, 0) is 23.7 Å². The molecule has 322 valence electrons. The summed E-state index contributed by atoms with van der Waals surface area (Å²) in [4.78, 5) is 53.8. The lowest BCUT2D eigenvalue weighted by Crippen LogP contribution is -2.54. The van der Waals surface area contributed by atoms with Crippen LogP contribution in [0.15, 0.2) is 41.3 Å². The summed E-state index contributed by atoms with van der Waals surface area (Å²) < 4.78 is 53.3. The molecule has 2 amide bonds. The second-order valence-corrected chi connectivity index (χ2v) is 17.1. The van der Waals surface area contributed by atoms with Gasteiger partial charge in [-0.2, -0.15) is 10.1 Å². The molecule has 3 N–H and O–H groups in total. The smallest absolute Gasteiger partial charge is 0.300 e. The maximum Gasteiger partial charge on any atom is 0.300 e. The second-order valence-electron chi connectivity index (χ2n) is 16.7. The van der Waals surface area contributed by atoms with Gasteiger partial charge in [-0.1, -0.05) is 23.7 Å². The molecule has 0 spiro atoms. The van der Waals surface area contributed by atoms with E-state index < -0.39 is 35.9 Å². The van der Waals surface area contributed by atoms with Crippen molar-refractivity contribution in [2.45, 2.75) is 63.5 Å². The van der Waals surface area contributed by atoms with Gasteiger partial charge in [-0.05, 0) is 51.2 Å². The molecule has 61 heavy (non-hydrogen) atoms. The number of benzene rings is 2. The molecule has 0 radical (unpaired) electrons. The summed E-state index contributed by atoms with van der Waals surface area (Å²) in [5.41, 5.74) is 2.35. The number of carbonyl (C=O) groups is 2. The third kappa shape index (κ3) is 7.46. The first-order valence-corrected chi connectivity index (χ1v) is 21.0. The van der Waals surface area contributed by atoms with Gasteiger partial charge in [-0.3, -0.25) is 29.3 Å². The number of nitrogens with zero attached hydrogens (tertiary/aromatic N) is 8. The minimum Gasteiger partial charge on any atom is -0.480 e. The first-order valence-electron chi connectivity index (χ1n) is 20.6. The Hall–Kier alpha value is -5.62. The highest BCUT2D eigenvalue weighted by Crippen LogP contribution is 2.40. The topological polar surface area (TPSA) is 155 Å². The molecule has 2 aromatic carbocycles. The Morgan fingerprint density at radius 1 is 1.02 bits per heavy atom. The standard InChI is InChI=1S/C42H47ClF3N11O4/c1-22-19-57(31-7-5-6-25-34(52-54(4)36(25)31)26-8-9-33(58)50-39(26)59)15-14-56(22)20-24-10-12-55(13-11-24)41-47-18-28(43)38(51-41)49-30-16-27-32(17-29(30)44)53(3)40(60)37-35(27)48-23(2)42(45,46)21-61-37/h5-7,16-18,22-24,26,48H,8-15,19-21H2,1-4H3,(H,47,49,51)(H,50,58,59)/t22-,23-,26?/m0/s1. The molecule has 5 aromatic rings. The minimum absolute atomic E-state index is 0.0211. The lowest BCUT2D eigenvalue weighted by molar-refractivity contribution is -0.134. The van der Waals surface area contributed by atoms with E-state index in [9.17, 15) is 23.2 Å². The molecule has 15 nitrogen and oxygen atoms in total. The van der Waals surface area contributed by atoms with Crippen molar-refractivity contribution in [1.29, 1.82) is 0 Å². The zero-order chi connectivity index (χ0) is 42.9. The van der Waals surface area contributed by atoms with E-state index in [-0.39, 0.29) is 45.3 Å². The van der Waals surface area contributed by atoms with E-state index in [1.807, 2.05) is 23.9 Å². The average molecular weight is 862 g/mol. The van der Waals surface area contributed by atoms with Gasteiger partial charge in [-0.15, -0.1) is 0 Å². The number of ether oxygens (including phenoxy) is 1. The van der Waals surface area contributed by atoms with Crippen LogP contribution in [0.5, 0.6) is 5.75 Å². The van der Waals surface area contributed by atoms with Crippen molar-refractivity contribution < 1.29 is 27.5 Å². The highest BCUT2D eigenvalue weighted by atomic mass is 35.5. The Morgan fingerprint density at radius 3 is 2.56 bits per heavy atom. The van der Waals surface area contributed by atoms with E-state index >= 15 is 4.39 Å². The molecule has 7 heterocycles. The van der Waals surface area contributed by atoms with Gasteiger partial charge in [0.15, 0.2) is 12.4 Å². The largest absolute Gasteiger partial charge is 0.480 e. The molecule has 3 aromatic heterocycles. The molecular formula is C42H47ClF3N11O4. The van der Waals surface area contributed by atoms with Crippen LogP contribution in [0.25, 0.3) is 21.8 Å². The molecule has 9 rings (SSSR count). The molecular weight excluding hydrogens is 815 g/mol. The highest BCUT2D eigenvalue weighted by Gasteiger charge is 2.42. The number of pyridine rings is 1. The number of aromatic nitrogens is 5. The fraction of sp³-hybridized carbons (Fsp3) is 0.476. The molecule has 3 saturated heterocycles. The SMILES string of the molecule is C[C@@H]1Nc2c(c(=O)n(C)c3cc(F)c(Nc4nc(N5CCC(CN6CCN(c7cccc8c(C9CCC(=O)NC9=O)nn(C)c78)C[C@@H]6C)CC5)ncc4Cl)cc23)OCC1(F)F. The fourth-order valence-corrected chi connectivity index (χ4v) is 9.33. The number of carbonyl (C=O) groups excluding carboxylic acids is 2. The predicted molar refractivity (Wildman–Crippen MR) is 227 cm³/mol. The lowest BCUT2D eigenvalue weighted by atomic mass is 9.92. The van der Waals surface area contributed by atoms with E-state index in [0.29, 0.717) is 41.8 Å². The highest BCUT2D eigenvalue weighted by molar-refractivity contribution is 6.33. The van der Waals surface area contributed by atoms with Gasteiger partial charge in [0.05, 0.1) is 51.9 Å². The first kappa shape index (κ1) is 40.8. The van der Waals surface area contributed by atoms with Crippen LogP contribution in [0.3, 0.4) is 0 Å². The number of piperazine rings is 1. The maximum atomic E-state index is 15.7. The van der Waals surface area contributed by atoms with E-state index in [0.717, 1.165) is 68.7 Å². The number of anilines is 5. The predicted octanol–water partition coefficient (Wildman–Crippen LogP) is 5.53. The molecule has 3 fully saturated rings. The van der Waals surface area contributed by atoms with Crippen molar-refractivity contribution in [3.8, 4) is 5.75 Å². The summed E-state index contributed by atoms with van der Waals surface area (Å²) in [5, 5.41) is 14.4. The Kier molecular flexibility index (Phi) is 10.5. The van der Waals surface area contributed by atoms with E-state index in [2.05, 4.69) is 53.6 Å². The number of nitrogens with one attached hydrogen (secondary N) is 3. The monoisotopic (exact) mass is 861 g/mol. The number of amides is 2. The van der Waals surface area contributed by atoms with Gasteiger partial charge in [0.25, 0.3) is 5.56 Å². The summed E-state index contributed by atoms with van der Waals surface area (Å²) >= 11 is 6.54. The van der Waals surface area contributed by atoms with E-state index in [1.54, 1.807) is 0 Å². The zero-order valence-electron chi connectivity index (χ0n) is 34.3. The number of para-hydroxylation sites is 1. The van der Waals surface area contributed by atoms with Gasteiger partial charge in [0.2, 0.25) is 23.5 Å². The molecule has 0 saturated carbocycles. The molecule has 4 aliphatic rings. The third-order valence-electron chi connectivity index (χ3n) is 12.8. The number of rotatable bonds is 7. The van der Waals surface area contributed by atoms with E-state index in [4.69, 9.17) is 21.4 Å². The normalized spacial score (nSPS) is 22.5. The summed E-state index contributed by atoms with van der Waals surface area (Å²) in [7, 11) is 3.34.